The normalized spacial score (nSPS) is 11.3. The van der Waals surface area contributed by atoms with Gasteiger partial charge in [-0.3, -0.25) is 0 Å². The van der Waals surface area contributed by atoms with Gasteiger partial charge in [0, 0.05) is 20.8 Å². The predicted molar refractivity (Wildman–Crippen MR) is 123 cm³/mol. The summed E-state index contributed by atoms with van der Waals surface area (Å²) in [4.78, 5) is 1.18. The molecule has 1 nitrogen and oxygen atoms in total. The summed E-state index contributed by atoms with van der Waals surface area (Å²) in [6.45, 7) is 0. The van der Waals surface area contributed by atoms with Gasteiger partial charge in [-0.1, -0.05) is 103 Å². The van der Waals surface area contributed by atoms with Crippen molar-refractivity contribution in [3.63, 3.8) is 0 Å². The average molecular weight is 400 g/mol. The Labute approximate surface area is 170 Å². The third-order valence-corrected chi connectivity index (χ3v) is 8.80. The summed E-state index contributed by atoms with van der Waals surface area (Å²) in [5.41, 5.74) is 2.15. The maximum atomic E-state index is 14.8. The molecule has 0 fully saturated rings. The maximum absolute atomic E-state index is 14.8. The van der Waals surface area contributed by atoms with Gasteiger partial charge in [0.2, 0.25) is 0 Å². The molecule has 0 saturated heterocycles. The summed E-state index contributed by atoms with van der Waals surface area (Å²) in [5, 5.41) is 2.60. The summed E-state index contributed by atoms with van der Waals surface area (Å²) < 4.78 is 14.8. The Bertz CT molecular complexity index is 1080. The van der Waals surface area contributed by atoms with Gasteiger partial charge in [0.15, 0.2) is 7.14 Å². The maximum Gasteiger partial charge on any atom is 0.171 e. The van der Waals surface area contributed by atoms with Gasteiger partial charge in [0.05, 0.1) is 0 Å². The minimum Gasteiger partial charge on any atom is -0.309 e. The van der Waals surface area contributed by atoms with Crippen LogP contribution in [0.3, 0.4) is 0 Å². The summed E-state index contributed by atoms with van der Waals surface area (Å²) in [5.74, 6) is 0. The highest BCUT2D eigenvalue weighted by atomic mass is 32.2. The molecule has 0 aliphatic heterocycles. The van der Waals surface area contributed by atoms with Crippen LogP contribution in [-0.4, -0.2) is 6.26 Å². The van der Waals surface area contributed by atoms with Crippen molar-refractivity contribution < 1.29 is 4.57 Å². The Kier molecular flexibility index (Phi) is 5.52. The first kappa shape index (κ1) is 18.8. The molecule has 0 amide bonds. The van der Waals surface area contributed by atoms with Gasteiger partial charge in [0.1, 0.15) is 0 Å². The Balaban J connectivity index is 2.04. The molecule has 0 unspecified atom stereocenters. The second kappa shape index (κ2) is 8.22. The summed E-state index contributed by atoms with van der Waals surface area (Å²) >= 11 is 1.71. The smallest absolute Gasteiger partial charge is 0.171 e. The molecular weight excluding hydrogens is 379 g/mol. The molecule has 0 aliphatic rings. The van der Waals surface area contributed by atoms with Crippen LogP contribution in [0, 0.1) is 0 Å². The van der Waals surface area contributed by atoms with Gasteiger partial charge in [-0.25, -0.2) is 0 Å². The molecule has 138 valence electrons. The van der Waals surface area contributed by atoms with Crippen LogP contribution in [0.15, 0.2) is 114 Å². The third-order valence-electron chi connectivity index (χ3n) is 4.88. The Hall–Kier alpha value is -2.54. The Morgan fingerprint density at radius 2 is 1.04 bits per heavy atom. The Morgan fingerprint density at radius 3 is 1.61 bits per heavy atom. The van der Waals surface area contributed by atoms with E-state index in [2.05, 4.69) is 24.5 Å². The molecule has 0 heterocycles. The first-order chi connectivity index (χ1) is 13.7. The monoisotopic (exact) mass is 400 g/mol. The zero-order chi connectivity index (χ0) is 19.4. The van der Waals surface area contributed by atoms with Crippen LogP contribution < -0.4 is 15.9 Å². The molecule has 0 saturated carbocycles. The highest BCUT2D eigenvalue weighted by Crippen LogP contribution is 2.46. The van der Waals surface area contributed by atoms with Crippen molar-refractivity contribution in [3.8, 4) is 11.1 Å². The van der Waals surface area contributed by atoms with Crippen LogP contribution in [0.2, 0.25) is 0 Å². The molecule has 0 N–H and O–H groups in total. The summed E-state index contributed by atoms with van der Waals surface area (Å²) in [7, 11) is -3.02. The number of rotatable bonds is 5. The van der Waals surface area contributed by atoms with Crippen LogP contribution in [-0.2, 0) is 4.57 Å². The lowest BCUT2D eigenvalue weighted by Gasteiger charge is -2.23. The molecule has 0 aliphatic carbocycles. The third kappa shape index (κ3) is 3.35. The van der Waals surface area contributed by atoms with Crippen LogP contribution in [0.1, 0.15) is 0 Å². The van der Waals surface area contributed by atoms with E-state index in [-0.39, 0.29) is 0 Å². The number of hydrogen-bond donors (Lipinski definition) is 0. The highest BCUT2D eigenvalue weighted by molar-refractivity contribution is 7.98. The van der Waals surface area contributed by atoms with E-state index in [0.717, 1.165) is 27.0 Å². The van der Waals surface area contributed by atoms with Crippen LogP contribution in [0.5, 0.6) is 0 Å². The van der Waals surface area contributed by atoms with E-state index in [4.69, 9.17) is 0 Å². The first-order valence-corrected chi connectivity index (χ1v) is 12.1. The predicted octanol–water partition coefficient (Wildman–Crippen LogP) is 5.71. The number of hydrogen-bond acceptors (Lipinski definition) is 2. The quantitative estimate of drug-likeness (QED) is 0.315. The van der Waals surface area contributed by atoms with Crippen LogP contribution >= 0.6 is 18.9 Å². The van der Waals surface area contributed by atoms with Gasteiger partial charge in [-0.15, -0.1) is 11.8 Å². The molecule has 28 heavy (non-hydrogen) atoms. The van der Waals surface area contributed by atoms with Crippen molar-refractivity contribution >= 4 is 34.8 Å². The second-order valence-electron chi connectivity index (χ2n) is 6.50. The van der Waals surface area contributed by atoms with E-state index < -0.39 is 7.14 Å². The van der Waals surface area contributed by atoms with E-state index in [1.165, 1.54) is 4.90 Å². The van der Waals surface area contributed by atoms with Gasteiger partial charge in [-0.2, -0.15) is 0 Å². The van der Waals surface area contributed by atoms with Crippen LogP contribution in [0.25, 0.3) is 11.1 Å². The van der Waals surface area contributed by atoms with Crippen LogP contribution in [0.4, 0.5) is 0 Å². The SMILES string of the molecule is CSc1ccccc1-c1ccccc1P(=O)(c1ccccc1)c1ccccc1. The number of benzene rings is 4. The molecule has 3 heteroatoms. The lowest BCUT2D eigenvalue weighted by atomic mass is 10.1. The van der Waals surface area contributed by atoms with Crippen molar-refractivity contribution in [2.75, 3.05) is 6.26 Å². The van der Waals surface area contributed by atoms with E-state index in [9.17, 15) is 4.57 Å². The molecule has 0 atom stereocenters. The number of thioether (sulfide) groups is 1. The fourth-order valence-corrected chi connectivity index (χ4v) is 7.03. The van der Waals surface area contributed by atoms with Gasteiger partial charge >= 0.3 is 0 Å². The van der Waals surface area contributed by atoms with Crippen molar-refractivity contribution in [3.05, 3.63) is 109 Å². The molecule has 0 bridgehead atoms. The van der Waals surface area contributed by atoms with Gasteiger partial charge in [-0.05, 0) is 23.4 Å². The fraction of sp³-hybridized carbons (Fsp3) is 0.0400. The lowest BCUT2D eigenvalue weighted by Crippen LogP contribution is -2.26. The summed E-state index contributed by atoms with van der Waals surface area (Å²) in [6.07, 6.45) is 2.08. The molecule has 4 aromatic rings. The minimum atomic E-state index is -3.02. The molecule has 4 aromatic carbocycles. The lowest BCUT2D eigenvalue weighted by molar-refractivity contribution is 0.592. The van der Waals surface area contributed by atoms with E-state index >= 15 is 0 Å². The summed E-state index contributed by atoms with van der Waals surface area (Å²) in [6, 6.07) is 36.1. The molecule has 0 radical (unpaired) electrons. The standard InChI is InChI=1S/C25H21OPS/c1-28-25-19-11-9-17-23(25)22-16-8-10-18-24(22)27(26,20-12-4-2-5-13-20)21-14-6-3-7-15-21/h2-19H,1H3. The molecular formula is C25H21OPS. The van der Waals surface area contributed by atoms with E-state index in [1.807, 2.05) is 91.0 Å². The Morgan fingerprint density at radius 1 is 0.571 bits per heavy atom. The topological polar surface area (TPSA) is 17.1 Å². The highest BCUT2D eigenvalue weighted by Gasteiger charge is 2.32. The van der Waals surface area contributed by atoms with Gasteiger partial charge < -0.3 is 4.57 Å². The minimum absolute atomic E-state index is 0.857. The average Bonchev–Trinajstić information content (AvgIpc) is 2.79. The van der Waals surface area contributed by atoms with Crippen molar-refractivity contribution in [1.82, 2.24) is 0 Å². The van der Waals surface area contributed by atoms with Crippen molar-refractivity contribution in [1.29, 1.82) is 0 Å². The van der Waals surface area contributed by atoms with Gasteiger partial charge in [0.25, 0.3) is 0 Å². The molecule has 0 aromatic heterocycles. The second-order valence-corrected chi connectivity index (χ2v) is 10.1. The fourth-order valence-electron chi connectivity index (χ4n) is 3.55. The van der Waals surface area contributed by atoms with Crippen molar-refractivity contribution in [2.45, 2.75) is 4.90 Å². The largest absolute Gasteiger partial charge is 0.309 e. The van der Waals surface area contributed by atoms with Crippen molar-refractivity contribution in [2.24, 2.45) is 0 Å². The first-order valence-electron chi connectivity index (χ1n) is 9.19. The molecule has 4 rings (SSSR count). The van der Waals surface area contributed by atoms with E-state index in [1.54, 1.807) is 11.8 Å². The zero-order valence-electron chi connectivity index (χ0n) is 15.7. The zero-order valence-corrected chi connectivity index (χ0v) is 17.4. The molecule has 0 spiro atoms. The van der Waals surface area contributed by atoms with E-state index in [0.29, 0.717) is 0 Å².